The van der Waals surface area contributed by atoms with Crippen LogP contribution in [-0.2, 0) is 19.8 Å². The van der Waals surface area contributed by atoms with Gasteiger partial charge in [0.05, 0.1) is 12.7 Å². The molecule has 11 heteroatoms. The number of ether oxygens (including phenoxy) is 1. The monoisotopic (exact) mass is 310 g/mol. The van der Waals surface area contributed by atoms with Crippen molar-refractivity contribution in [1.29, 1.82) is 0 Å². The Kier molecular flexibility index (Phi) is 3.94. The average molecular weight is 310 g/mol. The third-order valence-electron chi connectivity index (χ3n) is 2.73. The van der Waals surface area contributed by atoms with Crippen molar-refractivity contribution in [3.63, 3.8) is 0 Å². The highest BCUT2D eigenvalue weighted by atomic mass is 31.2. The molecule has 1 saturated heterocycles. The van der Waals surface area contributed by atoms with E-state index < -0.39 is 37.8 Å². The zero-order valence-electron chi connectivity index (χ0n) is 10.1. The first-order valence-corrected chi connectivity index (χ1v) is 7.12. The number of alkyl halides is 1. The van der Waals surface area contributed by atoms with E-state index >= 15 is 0 Å². The SMILES string of the molecule is O=c1ccn([C@@]2(F)CC[C@@H](COP(=O)(O)O)O2)c(=O)[nH]1. The summed E-state index contributed by atoms with van der Waals surface area (Å²) in [6.45, 7) is -0.506. The molecule has 3 N–H and O–H groups in total. The highest BCUT2D eigenvalue weighted by Gasteiger charge is 2.43. The van der Waals surface area contributed by atoms with E-state index in [2.05, 4.69) is 4.52 Å². The molecule has 0 bridgehead atoms. The van der Waals surface area contributed by atoms with Crippen LogP contribution in [0.5, 0.6) is 0 Å². The molecule has 1 fully saturated rings. The van der Waals surface area contributed by atoms with Gasteiger partial charge in [0.25, 0.3) is 11.5 Å². The van der Waals surface area contributed by atoms with Gasteiger partial charge in [-0.05, 0) is 6.42 Å². The lowest BCUT2D eigenvalue weighted by Crippen LogP contribution is -2.41. The summed E-state index contributed by atoms with van der Waals surface area (Å²) in [5.41, 5.74) is -1.65. The van der Waals surface area contributed by atoms with Crippen molar-refractivity contribution in [2.75, 3.05) is 6.61 Å². The number of halogens is 1. The van der Waals surface area contributed by atoms with Crippen molar-refractivity contribution >= 4 is 7.82 Å². The Morgan fingerprint density at radius 1 is 1.60 bits per heavy atom. The highest BCUT2D eigenvalue weighted by Crippen LogP contribution is 2.40. The molecule has 0 amide bonds. The minimum Gasteiger partial charge on any atom is -0.323 e. The Morgan fingerprint density at radius 2 is 2.30 bits per heavy atom. The molecule has 1 aromatic heterocycles. The van der Waals surface area contributed by atoms with Crippen LogP contribution in [0.15, 0.2) is 21.9 Å². The molecule has 1 aliphatic heterocycles. The third kappa shape index (κ3) is 3.41. The average Bonchev–Trinajstić information content (AvgIpc) is 2.68. The molecule has 1 aromatic rings. The molecule has 2 rings (SSSR count). The van der Waals surface area contributed by atoms with Crippen LogP contribution >= 0.6 is 7.82 Å². The lowest BCUT2D eigenvalue weighted by molar-refractivity contribution is -0.203. The minimum atomic E-state index is -4.67. The van der Waals surface area contributed by atoms with Gasteiger partial charge >= 0.3 is 13.5 Å². The van der Waals surface area contributed by atoms with Crippen LogP contribution in [0.4, 0.5) is 4.39 Å². The Bertz CT molecular complexity index is 652. The van der Waals surface area contributed by atoms with Crippen molar-refractivity contribution in [3.8, 4) is 0 Å². The normalized spacial score (nSPS) is 26.9. The molecule has 9 nitrogen and oxygen atoms in total. The maximum absolute atomic E-state index is 14.5. The van der Waals surface area contributed by atoms with Crippen LogP contribution in [0.25, 0.3) is 0 Å². The van der Waals surface area contributed by atoms with E-state index in [1.807, 2.05) is 4.98 Å². The second kappa shape index (κ2) is 5.23. The number of hydrogen-bond acceptors (Lipinski definition) is 5. The summed E-state index contributed by atoms with van der Waals surface area (Å²) in [5.74, 6) is -2.48. The number of nitrogens with zero attached hydrogens (tertiary/aromatic N) is 1. The van der Waals surface area contributed by atoms with E-state index in [0.29, 0.717) is 4.57 Å². The van der Waals surface area contributed by atoms with E-state index in [9.17, 15) is 18.5 Å². The van der Waals surface area contributed by atoms with Gasteiger partial charge in [0.1, 0.15) is 0 Å². The molecule has 0 spiro atoms. The summed E-state index contributed by atoms with van der Waals surface area (Å²) < 4.78 is 34.8. The van der Waals surface area contributed by atoms with Gasteiger partial charge in [0, 0.05) is 18.7 Å². The van der Waals surface area contributed by atoms with E-state index in [-0.39, 0.29) is 12.8 Å². The molecule has 2 heterocycles. The van der Waals surface area contributed by atoms with Crippen LogP contribution in [-0.4, -0.2) is 32.0 Å². The first-order chi connectivity index (χ1) is 9.20. The lowest BCUT2D eigenvalue weighted by atomic mass is 10.2. The van der Waals surface area contributed by atoms with Crippen molar-refractivity contribution < 1.29 is 28.0 Å². The number of aromatic nitrogens is 2. The first-order valence-electron chi connectivity index (χ1n) is 5.59. The van der Waals surface area contributed by atoms with Crippen molar-refractivity contribution in [2.45, 2.75) is 24.9 Å². The van der Waals surface area contributed by atoms with Gasteiger partial charge in [-0.1, -0.05) is 0 Å². The zero-order valence-corrected chi connectivity index (χ0v) is 11.0. The zero-order chi connectivity index (χ0) is 15.0. The molecule has 20 heavy (non-hydrogen) atoms. The summed E-state index contributed by atoms with van der Waals surface area (Å²) in [6.07, 6.45) is -0.0738. The Hall–Kier alpha value is -1.32. The van der Waals surface area contributed by atoms with Gasteiger partial charge < -0.3 is 14.5 Å². The predicted molar refractivity (Wildman–Crippen MR) is 62.5 cm³/mol. The Balaban J connectivity index is 2.12. The second-order valence-corrected chi connectivity index (χ2v) is 5.47. The molecule has 0 aliphatic carbocycles. The van der Waals surface area contributed by atoms with E-state index in [4.69, 9.17) is 14.5 Å². The Morgan fingerprint density at radius 3 is 2.90 bits per heavy atom. The van der Waals surface area contributed by atoms with Crippen molar-refractivity contribution in [3.05, 3.63) is 33.1 Å². The lowest BCUT2D eigenvalue weighted by Gasteiger charge is -2.22. The number of phosphoric acid groups is 1. The Labute approximate surface area is 111 Å². The fourth-order valence-corrected chi connectivity index (χ4v) is 2.23. The number of phosphoric ester groups is 1. The van der Waals surface area contributed by atoms with Crippen molar-refractivity contribution in [1.82, 2.24) is 9.55 Å². The molecule has 0 saturated carbocycles. The molecule has 112 valence electrons. The number of hydrogen-bond donors (Lipinski definition) is 3. The summed E-state index contributed by atoms with van der Waals surface area (Å²) in [4.78, 5) is 41.4. The summed E-state index contributed by atoms with van der Waals surface area (Å²) >= 11 is 0. The van der Waals surface area contributed by atoms with Crippen molar-refractivity contribution in [2.24, 2.45) is 0 Å². The number of nitrogens with one attached hydrogen (secondary N) is 1. The van der Waals surface area contributed by atoms with Crippen LogP contribution in [0.1, 0.15) is 12.8 Å². The number of aromatic amines is 1. The molecule has 0 unspecified atom stereocenters. The predicted octanol–water partition coefficient (Wildman–Crippen LogP) is -0.595. The standard InChI is InChI=1S/C9H12FN2O7P/c10-9(12-4-2-7(13)11-8(12)14)3-1-6(19-9)5-18-20(15,16)17/h2,4,6H,1,3,5H2,(H,11,13,14)(H2,15,16,17)/t6-,9-/m0/s1. The van der Waals surface area contributed by atoms with Gasteiger partial charge in [-0.25, -0.2) is 13.9 Å². The fourth-order valence-electron chi connectivity index (χ4n) is 1.87. The molecule has 0 aromatic carbocycles. The molecular weight excluding hydrogens is 298 g/mol. The van der Waals surface area contributed by atoms with Crippen LogP contribution in [0, 0.1) is 0 Å². The highest BCUT2D eigenvalue weighted by molar-refractivity contribution is 7.46. The van der Waals surface area contributed by atoms with Crippen LogP contribution in [0.2, 0.25) is 0 Å². The largest absolute Gasteiger partial charge is 0.469 e. The number of rotatable bonds is 4. The van der Waals surface area contributed by atoms with Gasteiger partial charge in [0.2, 0.25) is 0 Å². The quantitative estimate of drug-likeness (QED) is 0.633. The minimum absolute atomic E-state index is 0.0993. The van der Waals surface area contributed by atoms with Gasteiger partial charge in [-0.15, -0.1) is 0 Å². The first kappa shape index (κ1) is 15.1. The van der Waals surface area contributed by atoms with Gasteiger partial charge in [-0.2, -0.15) is 4.39 Å². The summed E-state index contributed by atoms with van der Waals surface area (Å²) in [7, 11) is -4.67. The molecule has 0 radical (unpaired) electrons. The fraction of sp³-hybridized carbons (Fsp3) is 0.556. The molecule has 2 atom stereocenters. The maximum atomic E-state index is 14.5. The van der Waals surface area contributed by atoms with Gasteiger partial charge in [0.15, 0.2) is 0 Å². The van der Waals surface area contributed by atoms with E-state index in [1.165, 1.54) is 0 Å². The van der Waals surface area contributed by atoms with Gasteiger partial charge in [-0.3, -0.25) is 14.3 Å². The van der Waals surface area contributed by atoms with E-state index in [1.54, 1.807) is 0 Å². The topological polar surface area (TPSA) is 131 Å². The summed E-state index contributed by atoms with van der Waals surface area (Å²) in [5, 5.41) is 0. The van der Waals surface area contributed by atoms with Crippen LogP contribution in [0.3, 0.4) is 0 Å². The van der Waals surface area contributed by atoms with E-state index in [0.717, 1.165) is 12.3 Å². The maximum Gasteiger partial charge on any atom is 0.469 e. The second-order valence-electron chi connectivity index (χ2n) is 4.23. The molecular formula is C9H12FN2O7P. The smallest absolute Gasteiger partial charge is 0.323 e. The molecule has 1 aliphatic rings. The number of H-pyrrole nitrogens is 1. The third-order valence-corrected chi connectivity index (χ3v) is 3.22. The summed E-state index contributed by atoms with van der Waals surface area (Å²) in [6, 6.07) is 0.964. The van der Waals surface area contributed by atoms with Crippen LogP contribution < -0.4 is 11.2 Å².